The van der Waals surface area contributed by atoms with Gasteiger partial charge in [0.25, 0.3) is 0 Å². The van der Waals surface area contributed by atoms with Gasteiger partial charge in [0.15, 0.2) is 0 Å². The molecule has 0 radical (unpaired) electrons. The van der Waals surface area contributed by atoms with E-state index < -0.39 is 0 Å². The van der Waals surface area contributed by atoms with E-state index in [0.717, 1.165) is 26.3 Å². The zero-order chi connectivity index (χ0) is 14.8. The molecule has 1 heterocycles. The molecule has 3 heteroatoms. The second-order valence-electron chi connectivity index (χ2n) is 6.21. The first-order valence-electron chi connectivity index (χ1n) is 8.78. The van der Waals surface area contributed by atoms with E-state index in [1.54, 1.807) is 0 Å². The minimum absolute atomic E-state index is 0.346. The molecule has 1 saturated heterocycles. The summed E-state index contributed by atoms with van der Waals surface area (Å²) in [7, 11) is 0. The van der Waals surface area contributed by atoms with Crippen LogP contribution >= 0.6 is 0 Å². The van der Waals surface area contributed by atoms with Gasteiger partial charge in [0.1, 0.15) is 0 Å². The lowest BCUT2D eigenvalue weighted by Gasteiger charge is -2.49. The summed E-state index contributed by atoms with van der Waals surface area (Å²) in [6.07, 6.45) is 7.42. The fourth-order valence-electron chi connectivity index (χ4n) is 3.31. The van der Waals surface area contributed by atoms with E-state index in [0.29, 0.717) is 11.6 Å². The van der Waals surface area contributed by atoms with E-state index >= 15 is 0 Å². The Bertz CT molecular complexity index is 241. The van der Waals surface area contributed by atoms with Gasteiger partial charge in [-0.05, 0) is 25.7 Å². The Balaban J connectivity index is 2.48. The third-order valence-electron chi connectivity index (χ3n) is 4.93. The van der Waals surface area contributed by atoms with Crippen molar-refractivity contribution >= 4 is 0 Å². The van der Waals surface area contributed by atoms with E-state index in [2.05, 4.69) is 37.9 Å². The molecule has 1 aliphatic heterocycles. The van der Waals surface area contributed by atoms with Gasteiger partial charge in [0.2, 0.25) is 0 Å². The molecule has 0 saturated carbocycles. The van der Waals surface area contributed by atoms with E-state index in [1.807, 2.05) is 0 Å². The number of rotatable bonds is 10. The monoisotopic (exact) mass is 284 g/mol. The average Bonchev–Trinajstić information content (AvgIpc) is 2.48. The van der Waals surface area contributed by atoms with Crippen molar-refractivity contribution in [2.24, 2.45) is 0 Å². The predicted molar refractivity (Wildman–Crippen MR) is 87.3 cm³/mol. The predicted octanol–water partition coefficient (Wildman–Crippen LogP) is 3.44. The second kappa shape index (κ2) is 9.75. The van der Waals surface area contributed by atoms with Crippen LogP contribution in [0.4, 0.5) is 0 Å². The van der Waals surface area contributed by atoms with Gasteiger partial charge in [-0.25, -0.2) is 0 Å². The molecule has 1 N–H and O–H groups in total. The highest BCUT2D eigenvalue weighted by molar-refractivity contribution is 4.97. The van der Waals surface area contributed by atoms with Crippen molar-refractivity contribution in [1.29, 1.82) is 0 Å². The summed E-state index contributed by atoms with van der Waals surface area (Å²) in [5.41, 5.74) is 0.346. The van der Waals surface area contributed by atoms with E-state index in [9.17, 15) is 0 Å². The van der Waals surface area contributed by atoms with Crippen LogP contribution < -0.4 is 5.32 Å². The first-order chi connectivity index (χ1) is 9.72. The number of unbranched alkanes of at least 4 members (excludes halogenated alkanes) is 1. The minimum Gasteiger partial charge on any atom is -0.380 e. The summed E-state index contributed by atoms with van der Waals surface area (Å²) in [5, 5.41) is 3.77. The number of nitrogens with one attached hydrogen (secondary N) is 1. The molecule has 120 valence electrons. The summed E-state index contributed by atoms with van der Waals surface area (Å²) >= 11 is 0. The van der Waals surface area contributed by atoms with Gasteiger partial charge < -0.3 is 10.1 Å². The van der Waals surface area contributed by atoms with Crippen molar-refractivity contribution in [1.82, 2.24) is 10.2 Å². The number of ether oxygens (including phenoxy) is 1. The average molecular weight is 284 g/mol. The number of hydrogen-bond acceptors (Lipinski definition) is 3. The van der Waals surface area contributed by atoms with Crippen LogP contribution in [0.1, 0.15) is 66.2 Å². The smallest absolute Gasteiger partial charge is 0.0593 e. The molecule has 3 nitrogen and oxygen atoms in total. The standard InChI is InChI=1S/C17H36N2O/c1-5-9-12-20-13-11-19-14-16(10-6-2)18-15-17(19,7-3)8-4/h16,18H,5-15H2,1-4H3. The lowest BCUT2D eigenvalue weighted by Crippen LogP contribution is -2.64. The van der Waals surface area contributed by atoms with Gasteiger partial charge in [-0.3, -0.25) is 4.90 Å². The Hall–Kier alpha value is -0.120. The van der Waals surface area contributed by atoms with E-state index in [4.69, 9.17) is 4.74 Å². The SMILES string of the molecule is CCCCOCCN1CC(CCC)NCC1(CC)CC. The van der Waals surface area contributed by atoms with Crippen LogP contribution in [0.3, 0.4) is 0 Å². The fourth-order valence-corrected chi connectivity index (χ4v) is 3.31. The molecule has 1 unspecified atom stereocenters. The van der Waals surface area contributed by atoms with Crippen LogP contribution in [0.15, 0.2) is 0 Å². The molecular formula is C17H36N2O. The number of nitrogens with zero attached hydrogens (tertiary/aromatic N) is 1. The largest absolute Gasteiger partial charge is 0.380 e. The summed E-state index contributed by atoms with van der Waals surface area (Å²) in [6.45, 7) is 14.4. The number of piperazine rings is 1. The molecule has 0 aromatic rings. The maximum Gasteiger partial charge on any atom is 0.0593 e. The highest BCUT2D eigenvalue weighted by Gasteiger charge is 2.38. The highest BCUT2D eigenvalue weighted by atomic mass is 16.5. The molecule has 0 bridgehead atoms. The maximum atomic E-state index is 5.79. The molecule has 0 aliphatic carbocycles. The quantitative estimate of drug-likeness (QED) is 0.622. The third-order valence-corrected chi connectivity index (χ3v) is 4.93. The Kier molecular flexibility index (Phi) is 8.74. The van der Waals surface area contributed by atoms with Crippen LogP contribution in [-0.2, 0) is 4.74 Å². The van der Waals surface area contributed by atoms with Gasteiger partial charge >= 0.3 is 0 Å². The van der Waals surface area contributed by atoms with Gasteiger partial charge in [-0.1, -0.05) is 40.5 Å². The van der Waals surface area contributed by atoms with Crippen molar-refractivity contribution in [3.63, 3.8) is 0 Å². The second-order valence-corrected chi connectivity index (χ2v) is 6.21. The molecule has 1 atom stereocenters. The van der Waals surface area contributed by atoms with Crippen LogP contribution in [0, 0.1) is 0 Å². The summed E-state index contributed by atoms with van der Waals surface area (Å²) in [5.74, 6) is 0. The van der Waals surface area contributed by atoms with Crippen molar-refractivity contribution in [3.05, 3.63) is 0 Å². The Morgan fingerprint density at radius 2 is 1.85 bits per heavy atom. The maximum absolute atomic E-state index is 5.79. The first-order valence-corrected chi connectivity index (χ1v) is 8.78. The Morgan fingerprint density at radius 3 is 2.45 bits per heavy atom. The lowest BCUT2D eigenvalue weighted by atomic mass is 9.86. The summed E-state index contributed by atoms with van der Waals surface area (Å²) < 4.78 is 5.79. The zero-order valence-electron chi connectivity index (χ0n) is 14.2. The van der Waals surface area contributed by atoms with Crippen LogP contribution in [0.5, 0.6) is 0 Å². The molecule has 0 aromatic carbocycles. The number of hydrogen-bond donors (Lipinski definition) is 1. The summed E-state index contributed by atoms with van der Waals surface area (Å²) in [6, 6.07) is 0.668. The Labute approximate surface area is 126 Å². The van der Waals surface area contributed by atoms with Crippen molar-refractivity contribution in [2.75, 3.05) is 32.8 Å². The normalized spacial score (nSPS) is 23.1. The van der Waals surface area contributed by atoms with Crippen LogP contribution in [0.25, 0.3) is 0 Å². The molecule has 0 amide bonds. The molecular weight excluding hydrogens is 248 g/mol. The highest BCUT2D eigenvalue weighted by Crippen LogP contribution is 2.27. The van der Waals surface area contributed by atoms with Gasteiger partial charge in [0.05, 0.1) is 6.61 Å². The minimum atomic E-state index is 0.346. The summed E-state index contributed by atoms with van der Waals surface area (Å²) in [4.78, 5) is 2.70. The van der Waals surface area contributed by atoms with Crippen molar-refractivity contribution in [3.8, 4) is 0 Å². The van der Waals surface area contributed by atoms with Gasteiger partial charge in [-0.15, -0.1) is 0 Å². The first kappa shape index (κ1) is 17.9. The molecule has 1 fully saturated rings. The lowest BCUT2D eigenvalue weighted by molar-refractivity contribution is 0.00304. The van der Waals surface area contributed by atoms with Crippen LogP contribution in [0.2, 0.25) is 0 Å². The zero-order valence-corrected chi connectivity index (χ0v) is 14.2. The van der Waals surface area contributed by atoms with Gasteiger partial charge in [-0.2, -0.15) is 0 Å². The molecule has 1 rings (SSSR count). The molecule has 0 spiro atoms. The molecule has 0 aromatic heterocycles. The van der Waals surface area contributed by atoms with Gasteiger partial charge in [0, 0.05) is 37.8 Å². The van der Waals surface area contributed by atoms with Crippen molar-refractivity contribution < 1.29 is 4.74 Å². The van der Waals surface area contributed by atoms with E-state index in [1.165, 1.54) is 45.1 Å². The molecule has 1 aliphatic rings. The third kappa shape index (κ3) is 5.01. The topological polar surface area (TPSA) is 24.5 Å². The Morgan fingerprint density at radius 1 is 1.10 bits per heavy atom. The van der Waals surface area contributed by atoms with Crippen molar-refractivity contribution in [2.45, 2.75) is 77.8 Å². The van der Waals surface area contributed by atoms with Crippen LogP contribution in [-0.4, -0.2) is 49.3 Å². The molecule has 20 heavy (non-hydrogen) atoms. The van der Waals surface area contributed by atoms with E-state index in [-0.39, 0.29) is 0 Å². The fraction of sp³-hybridized carbons (Fsp3) is 1.00.